The molecule has 1 heterocycles. The van der Waals surface area contributed by atoms with Gasteiger partial charge in [-0.2, -0.15) is 0 Å². The maximum atomic E-state index is 12.5. The highest BCUT2D eigenvalue weighted by Gasteiger charge is 2.27. The predicted octanol–water partition coefficient (Wildman–Crippen LogP) is 2.69. The molecule has 0 saturated carbocycles. The van der Waals surface area contributed by atoms with Crippen LogP contribution in [0.1, 0.15) is 10.4 Å². The van der Waals surface area contributed by atoms with E-state index in [1.165, 1.54) is 11.0 Å². The maximum Gasteiger partial charge on any atom is 0.342 e. The number of hydrogen-bond donors (Lipinski definition) is 2. The molecule has 0 saturated heterocycles. The average Bonchev–Trinajstić information content (AvgIpc) is 2.71. The molecule has 140 valence electrons. The molecule has 4 rings (SSSR count). The molecule has 0 fully saturated rings. The number of nitrogens with one attached hydrogen (secondary N) is 1. The fourth-order valence-corrected chi connectivity index (χ4v) is 3.16. The van der Waals surface area contributed by atoms with Gasteiger partial charge in [-0.15, -0.1) is 0 Å². The number of nitrogens with zero attached hydrogens (tertiary/aromatic N) is 1. The molecule has 7 nitrogen and oxygen atoms in total. The Morgan fingerprint density at radius 3 is 2.64 bits per heavy atom. The number of ether oxygens (including phenoxy) is 1. The third-order valence-electron chi connectivity index (χ3n) is 4.52. The molecule has 0 bridgehead atoms. The second kappa shape index (κ2) is 7.03. The number of fused-ring (bicyclic) bond motifs is 2. The fourth-order valence-electron chi connectivity index (χ4n) is 3.16. The molecule has 28 heavy (non-hydrogen) atoms. The Balaban J connectivity index is 1.51. The molecule has 3 aromatic rings. The highest BCUT2D eigenvalue weighted by atomic mass is 16.5. The minimum Gasteiger partial charge on any atom is -0.506 e. The molecule has 0 unspecified atom stereocenters. The monoisotopic (exact) mass is 376 g/mol. The minimum atomic E-state index is -0.814. The lowest BCUT2D eigenvalue weighted by Crippen LogP contribution is -2.44. The van der Waals surface area contributed by atoms with Gasteiger partial charge in [-0.25, -0.2) is 4.79 Å². The standard InChI is InChI=1S/C21H16N2O5/c24-18-11-23(17-8-4-3-7-16(17)22-18)19(25)12-28-21(27)15-10-9-13-5-1-2-6-14(13)20(15)26/h1-10,26H,11-12H2,(H,22,24). The second-order valence-electron chi connectivity index (χ2n) is 6.30. The summed E-state index contributed by atoms with van der Waals surface area (Å²) in [6, 6.07) is 17.1. The van der Waals surface area contributed by atoms with Gasteiger partial charge >= 0.3 is 5.97 Å². The molecule has 2 N–H and O–H groups in total. The Labute approximate surface area is 160 Å². The van der Waals surface area contributed by atoms with Gasteiger partial charge in [-0.3, -0.25) is 14.5 Å². The van der Waals surface area contributed by atoms with Gasteiger partial charge in [0, 0.05) is 5.39 Å². The Kier molecular flexibility index (Phi) is 4.41. The van der Waals surface area contributed by atoms with Crippen LogP contribution in [-0.2, 0) is 14.3 Å². The summed E-state index contributed by atoms with van der Waals surface area (Å²) in [4.78, 5) is 38.0. The second-order valence-corrected chi connectivity index (χ2v) is 6.30. The summed E-state index contributed by atoms with van der Waals surface area (Å²) < 4.78 is 5.10. The van der Waals surface area contributed by atoms with E-state index in [1.807, 2.05) is 12.1 Å². The highest BCUT2D eigenvalue weighted by molar-refractivity contribution is 6.10. The number of phenolic OH excluding ortho intramolecular Hbond substituents is 1. The van der Waals surface area contributed by atoms with Gasteiger partial charge in [0.05, 0.1) is 11.4 Å². The van der Waals surface area contributed by atoms with Crippen LogP contribution in [-0.4, -0.2) is 36.0 Å². The van der Waals surface area contributed by atoms with E-state index in [9.17, 15) is 19.5 Å². The van der Waals surface area contributed by atoms with Crippen molar-refractivity contribution < 1.29 is 24.2 Å². The molecule has 1 aliphatic heterocycles. The van der Waals surface area contributed by atoms with Crippen LogP contribution in [0.5, 0.6) is 5.75 Å². The number of aromatic hydroxyl groups is 1. The quantitative estimate of drug-likeness (QED) is 0.685. The van der Waals surface area contributed by atoms with Crippen molar-refractivity contribution in [2.75, 3.05) is 23.4 Å². The summed E-state index contributed by atoms with van der Waals surface area (Å²) in [6.45, 7) is -0.707. The topological polar surface area (TPSA) is 95.9 Å². The van der Waals surface area contributed by atoms with Crippen LogP contribution >= 0.6 is 0 Å². The van der Waals surface area contributed by atoms with E-state index in [4.69, 9.17) is 4.74 Å². The summed E-state index contributed by atoms with van der Waals surface area (Å²) in [5.41, 5.74) is 1.03. The van der Waals surface area contributed by atoms with E-state index in [0.717, 1.165) is 5.39 Å². The molecule has 3 aromatic carbocycles. The first kappa shape index (κ1) is 17.5. The Morgan fingerprint density at radius 2 is 1.79 bits per heavy atom. The highest BCUT2D eigenvalue weighted by Crippen LogP contribution is 2.30. The van der Waals surface area contributed by atoms with Crippen molar-refractivity contribution in [2.45, 2.75) is 0 Å². The van der Waals surface area contributed by atoms with Crippen LogP contribution in [0.3, 0.4) is 0 Å². The number of carbonyl (C=O) groups is 3. The summed E-state index contributed by atoms with van der Waals surface area (Å²) in [5, 5.41) is 14.3. The first-order chi connectivity index (χ1) is 13.5. The van der Waals surface area contributed by atoms with Crippen LogP contribution in [0.4, 0.5) is 11.4 Å². The SMILES string of the molecule is O=C1CN(C(=O)COC(=O)c2ccc3ccccc3c2O)c2ccccc2N1. The van der Waals surface area contributed by atoms with Gasteiger partial charge in [-0.1, -0.05) is 42.5 Å². The van der Waals surface area contributed by atoms with E-state index in [2.05, 4.69) is 5.32 Å². The third kappa shape index (κ3) is 3.14. The minimum absolute atomic E-state index is 0.0247. The Morgan fingerprint density at radius 1 is 1.04 bits per heavy atom. The number of anilines is 2. The van der Waals surface area contributed by atoms with Gasteiger partial charge in [0.2, 0.25) is 5.91 Å². The number of para-hydroxylation sites is 2. The smallest absolute Gasteiger partial charge is 0.342 e. The van der Waals surface area contributed by atoms with Crippen LogP contribution in [0.15, 0.2) is 60.7 Å². The summed E-state index contributed by atoms with van der Waals surface area (Å²) >= 11 is 0. The molecule has 7 heteroatoms. The molecule has 0 aliphatic carbocycles. The van der Waals surface area contributed by atoms with E-state index >= 15 is 0 Å². The Bertz CT molecular complexity index is 1110. The summed E-state index contributed by atoms with van der Waals surface area (Å²) in [7, 11) is 0. The number of carbonyl (C=O) groups excluding carboxylic acids is 3. The fraction of sp³-hybridized carbons (Fsp3) is 0.0952. The largest absolute Gasteiger partial charge is 0.506 e. The third-order valence-corrected chi connectivity index (χ3v) is 4.52. The summed E-state index contributed by atoms with van der Waals surface area (Å²) in [5.74, 6) is -1.87. The van der Waals surface area contributed by atoms with Gasteiger partial charge in [-0.05, 0) is 23.6 Å². The first-order valence-electron chi connectivity index (χ1n) is 8.61. The lowest BCUT2D eigenvalue weighted by molar-refractivity contribution is -0.124. The number of phenols is 1. The van der Waals surface area contributed by atoms with Gasteiger partial charge in [0.25, 0.3) is 5.91 Å². The molecule has 0 atom stereocenters. The van der Waals surface area contributed by atoms with Crippen molar-refractivity contribution in [1.29, 1.82) is 0 Å². The molecular weight excluding hydrogens is 360 g/mol. The van der Waals surface area contributed by atoms with Crippen molar-refractivity contribution in [3.8, 4) is 5.75 Å². The van der Waals surface area contributed by atoms with Crippen LogP contribution in [0.2, 0.25) is 0 Å². The average molecular weight is 376 g/mol. The zero-order chi connectivity index (χ0) is 19.7. The van der Waals surface area contributed by atoms with E-state index in [1.54, 1.807) is 42.5 Å². The Hall–Kier alpha value is -3.87. The van der Waals surface area contributed by atoms with Crippen LogP contribution in [0, 0.1) is 0 Å². The number of esters is 1. The molecule has 1 aliphatic rings. The maximum absolute atomic E-state index is 12.5. The van der Waals surface area contributed by atoms with E-state index < -0.39 is 18.5 Å². The van der Waals surface area contributed by atoms with Crippen LogP contribution in [0.25, 0.3) is 10.8 Å². The van der Waals surface area contributed by atoms with Gasteiger partial charge < -0.3 is 15.2 Å². The predicted molar refractivity (Wildman–Crippen MR) is 103 cm³/mol. The number of benzene rings is 3. The molecular formula is C21H16N2O5. The van der Waals surface area contributed by atoms with Crippen molar-refractivity contribution in [3.05, 3.63) is 66.2 Å². The normalized spacial score (nSPS) is 13.0. The number of hydrogen-bond acceptors (Lipinski definition) is 5. The summed E-state index contributed by atoms with van der Waals surface area (Å²) in [6.07, 6.45) is 0. The molecule has 0 spiro atoms. The van der Waals surface area contributed by atoms with Crippen molar-refractivity contribution in [3.63, 3.8) is 0 Å². The lowest BCUT2D eigenvalue weighted by atomic mass is 10.1. The number of amides is 2. The van der Waals surface area contributed by atoms with Crippen molar-refractivity contribution >= 4 is 39.9 Å². The zero-order valence-corrected chi connectivity index (χ0v) is 14.7. The molecule has 0 radical (unpaired) electrons. The first-order valence-corrected chi connectivity index (χ1v) is 8.61. The van der Waals surface area contributed by atoms with Crippen molar-refractivity contribution in [2.24, 2.45) is 0 Å². The molecule has 2 amide bonds. The zero-order valence-electron chi connectivity index (χ0n) is 14.7. The van der Waals surface area contributed by atoms with Gasteiger partial charge in [0.1, 0.15) is 17.9 Å². The lowest BCUT2D eigenvalue weighted by Gasteiger charge is -2.28. The van der Waals surface area contributed by atoms with Crippen molar-refractivity contribution in [1.82, 2.24) is 0 Å². The van der Waals surface area contributed by atoms with Crippen LogP contribution < -0.4 is 10.2 Å². The van der Waals surface area contributed by atoms with E-state index in [0.29, 0.717) is 16.8 Å². The number of rotatable bonds is 3. The van der Waals surface area contributed by atoms with Gasteiger partial charge in [0.15, 0.2) is 6.61 Å². The molecule has 0 aromatic heterocycles. The van der Waals surface area contributed by atoms with E-state index in [-0.39, 0.29) is 23.8 Å².